The molecule has 2 aromatic rings. The lowest BCUT2D eigenvalue weighted by Gasteiger charge is -2.21. The number of rotatable bonds is 6. The summed E-state index contributed by atoms with van der Waals surface area (Å²) in [7, 11) is 1.82. The molecule has 6 heteroatoms. The van der Waals surface area contributed by atoms with Gasteiger partial charge in [0.15, 0.2) is 0 Å². The van der Waals surface area contributed by atoms with Crippen molar-refractivity contribution in [3.8, 4) is 5.69 Å². The first-order chi connectivity index (χ1) is 11.3. The molecule has 25 heavy (non-hydrogen) atoms. The molecule has 0 aliphatic heterocycles. The maximum absolute atomic E-state index is 12.7. The highest BCUT2D eigenvalue weighted by Crippen LogP contribution is 2.18. The number of aryl methyl sites for hydroxylation is 1. The Morgan fingerprint density at radius 3 is 2.52 bits per heavy atom. The monoisotopic (exact) mass is 364 g/mol. The van der Waals surface area contributed by atoms with Crippen LogP contribution in [0.5, 0.6) is 0 Å². The van der Waals surface area contributed by atoms with Gasteiger partial charge >= 0.3 is 0 Å². The van der Waals surface area contributed by atoms with Gasteiger partial charge in [-0.3, -0.25) is 4.79 Å². The van der Waals surface area contributed by atoms with E-state index in [9.17, 15) is 4.79 Å². The van der Waals surface area contributed by atoms with Gasteiger partial charge in [0.25, 0.3) is 5.91 Å². The highest BCUT2D eigenvalue weighted by molar-refractivity contribution is 5.95. The summed E-state index contributed by atoms with van der Waals surface area (Å²) in [4.78, 5) is 14.4. The maximum atomic E-state index is 12.7. The third kappa shape index (κ3) is 4.83. The van der Waals surface area contributed by atoms with Gasteiger partial charge in [-0.25, -0.2) is 4.68 Å². The molecule has 0 saturated heterocycles. The number of nitrogens with two attached hydrogens (primary N) is 1. The van der Waals surface area contributed by atoms with E-state index in [0.717, 1.165) is 23.4 Å². The van der Waals surface area contributed by atoms with Crippen molar-refractivity contribution in [3.05, 3.63) is 47.3 Å². The van der Waals surface area contributed by atoms with E-state index in [1.807, 2.05) is 49.8 Å². The minimum Gasteiger partial charge on any atom is -0.342 e. The van der Waals surface area contributed by atoms with Crippen LogP contribution in [-0.2, 0) is 0 Å². The lowest BCUT2D eigenvalue weighted by atomic mass is 10.0. The Kier molecular flexibility index (Phi) is 7.64. The number of amides is 1. The predicted octanol–water partition coefficient (Wildman–Crippen LogP) is 3.36. The van der Waals surface area contributed by atoms with E-state index in [-0.39, 0.29) is 24.4 Å². The molecule has 1 atom stereocenters. The minimum absolute atomic E-state index is 0. The summed E-state index contributed by atoms with van der Waals surface area (Å²) in [5.74, 6) is 0.405. The lowest BCUT2D eigenvalue weighted by Crippen LogP contribution is -2.34. The largest absolute Gasteiger partial charge is 0.342 e. The van der Waals surface area contributed by atoms with Crippen molar-refractivity contribution < 1.29 is 4.79 Å². The van der Waals surface area contributed by atoms with E-state index in [1.165, 1.54) is 0 Å². The Hall–Kier alpha value is -1.85. The van der Waals surface area contributed by atoms with Crippen LogP contribution in [0, 0.1) is 19.8 Å². The normalized spacial score (nSPS) is 12.0. The fourth-order valence-electron chi connectivity index (χ4n) is 2.65. The van der Waals surface area contributed by atoms with Crippen molar-refractivity contribution in [2.24, 2.45) is 11.7 Å². The SMILES string of the molecule is Cc1ccccc1-n1ncc(C(=O)N(C)CCC(N)C(C)C)c1C.Cl. The molecule has 1 heterocycles. The molecule has 138 valence electrons. The molecular weight excluding hydrogens is 336 g/mol. The Bertz CT molecular complexity index is 711. The van der Waals surface area contributed by atoms with Crippen LogP contribution in [0.15, 0.2) is 30.5 Å². The predicted molar refractivity (Wildman–Crippen MR) is 105 cm³/mol. The second-order valence-corrected chi connectivity index (χ2v) is 6.77. The van der Waals surface area contributed by atoms with E-state index in [2.05, 4.69) is 18.9 Å². The minimum atomic E-state index is -0.0108. The second kappa shape index (κ2) is 9.02. The molecule has 0 radical (unpaired) electrons. The molecule has 0 aliphatic carbocycles. The first-order valence-corrected chi connectivity index (χ1v) is 8.44. The van der Waals surface area contributed by atoms with Gasteiger partial charge in [0, 0.05) is 19.6 Å². The van der Waals surface area contributed by atoms with Crippen LogP contribution in [-0.4, -0.2) is 40.2 Å². The fraction of sp³-hybridized carbons (Fsp3) is 0.474. The lowest BCUT2D eigenvalue weighted by molar-refractivity contribution is 0.0788. The molecule has 1 amide bonds. The summed E-state index contributed by atoms with van der Waals surface area (Å²) < 4.78 is 1.83. The summed E-state index contributed by atoms with van der Waals surface area (Å²) >= 11 is 0. The van der Waals surface area contributed by atoms with Gasteiger partial charge in [0.05, 0.1) is 23.1 Å². The van der Waals surface area contributed by atoms with Crippen molar-refractivity contribution in [3.63, 3.8) is 0 Å². The van der Waals surface area contributed by atoms with Crippen LogP contribution in [0.2, 0.25) is 0 Å². The summed E-state index contributed by atoms with van der Waals surface area (Å²) in [5, 5.41) is 4.42. The number of carbonyl (C=O) groups is 1. The van der Waals surface area contributed by atoms with Crippen LogP contribution in [0.3, 0.4) is 0 Å². The zero-order valence-corrected chi connectivity index (χ0v) is 16.5. The number of para-hydroxylation sites is 1. The van der Waals surface area contributed by atoms with Gasteiger partial charge in [-0.1, -0.05) is 32.0 Å². The fourth-order valence-corrected chi connectivity index (χ4v) is 2.65. The number of hydrogen-bond acceptors (Lipinski definition) is 3. The smallest absolute Gasteiger partial charge is 0.257 e. The van der Waals surface area contributed by atoms with Crippen molar-refractivity contribution in [2.75, 3.05) is 13.6 Å². The zero-order valence-electron chi connectivity index (χ0n) is 15.7. The molecule has 0 aliphatic rings. The Labute approximate surface area is 156 Å². The molecule has 2 N–H and O–H groups in total. The molecule has 1 aromatic heterocycles. The summed E-state index contributed by atoms with van der Waals surface area (Å²) in [6.07, 6.45) is 2.45. The van der Waals surface area contributed by atoms with Crippen molar-refractivity contribution in [1.29, 1.82) is 0 Å². The molecule has 5 nitrogen and oxygen atoms in total. The molecule has 0 bridgehead atoms. The number of nitrogens with zero attached hydrogens (tertiary/aromatic N) is 3. The maximum Gasteiger partial charge on any atom is 0.257 e. The van der Waals surface area contributed by atoms with Gasteiger partial charge < -0.3 is 10.6 Å². The molecule has 0 saturated carbocycles. The summed E-state index contributed by atoms with van der Waals surface area (Å²) in [5.41, 5.74) is 9.69. The van der Waals surface area contributed by atoms with E-state index >= 15 is 0 Å². The van der Waals surface area contributed by atoms with Gasteiger partial charge in [0.2, 0.25) is 0 Å². The van der Waals surface area contributed by atoms with E-state index in [0.29, 0.717) is 18.0 Å². The second-order valence-electron chi connectivity index (χ2n) is 6.77. The standard InChI is InChI=1S/C19H28N4O.ClH/c1-13(2)17(20)10-11-22(5)19(24)16-12-21-23(15(16)4)18-9-7-6-8-14(18)3;/h6-9,12-13,17H,10-11,20H2,1-5H3;1H. The quantitative estimate of drug-likeness (QED) is 0.854. The van der Waals surface area contributed by atoms with Crippen LogP contribution in [0.25, 0.3) is 5.69 Å². The first-order valence-electron chi connectivity index (χ1n) is 8.44. The highest BCUT2D eigenvalue weighted by Gasteiger charge is 2.20. The van der Waals surface area contributed by atoms with Gasteiger partial charge in [-0.15, -0.1) is 12.4 Å². The number of halogens is 1. The van der Waals surface area contributed by atoms with Crippen molar-refractivity contribution in [1.82, 2.24) is 14.7 Å². The molecule has 1 aromatic carbocycles. The van der Waals surface area contributed by atoms with Gasteiger partial charge in [-0.05, 0) is 37.8 Å². The Balaban J connectivity index is 0.00000312. The van der Waals surface area contributed by atoms with Crippen LogP contribution >= 0.6 is 12.4 Å². The van der Waals surface area contributed by atoms with E-state index in [4.69, 9.17) is 5.73 Å². The third-order valence-electron chi connectivity index (χ3n) is 4.58. The molecule has 0 spiro atoms. The van der Waals surface area contributed by atoms with Crippen molar-refractivity contribution in [2.45, 2.75) is 40.2 Å². The zero-order chi connectivity index (χ0) is 17.9. The number of aromatic nitrogens is 2. The van der Waals surface area contributed by atoms with Crippen molar-refractivity contribution >= 4 is 18.3 Å². The highest BCUT2D eigenvalue weighted by atomic mass is 35.5. The first kappa shape index (κ1) is 21.2. The third-order valence-corrected chi connectivity index (χ3v) is 4.58. The van der Waals surface area contributed by atoms with E-state index in [1.54, 1.807) is 11.1 Å². The summed E-state index contributed by atoms with van der Waals surface area (Å²) in [6.45, 7) is 8.82. The molecular formula is C19H29ClN4O. The average molecular weight is 365 g/mol. The number of carbonyl (C=O) groups excluding carboxylic acids is 1. The molecule has 2 rings (SSSR count). The topological polar surface area (TPSA) is 64.2 Å². The number of benzene rings is 1. The molecule has 0 fully saturated rings. The Morgan fingerprint density at radius 1 is 1.28 bits per heavy atom. The van der Waals surface area contributed by atoms with Crippen LogP contribution in [0.4, 0.5) is 0 Å². The Morgan fingerprint density at radius 2 is 1.92 bits per heavy atom. The van der Waals surface area contributed by atoms with Crippen LogP contribution in [0.1, 0.15) is 41.9 Å². The van der Waals surface area contributed by atoms with Gasteiger partial charge in [0.1, 0.15) is 0 Å². The van der Waals surface area contributed by atoms with Crippen LogP contribution < -0.4 is 5.73 Å². The van der Waals surface area contributed by atoms with Gasteiger partial charge in [-0.2, -0.15) is 5.10 Å². The van der Waals surface area contributed by atoms with E-state index < -0.39 is 0 Å². The molecule has 1 unspecified atom stereocenters. The average Bonchev–Trinajstić information content (AvgIpc) is 2.93. The number of hydrogen-bond donors (Lipinski definition) is 1. The summed E-state index contributed by atoms with van der Waals surface area (Å²) in [6, 6.07) is 8.13.